The second-order valence-corrected chi connectivity index (χ2v) is 4.76. The van der Waals surface area contributed by atoms with Crippen molar-refractivity contribution in [3.8, 4) is 0 Å². The lowest BCUT2D eigenvalue weighted by Crippen LogP contribution is -2.37. The zero-order chi connectivity index (χ0) is 13.1. The van der Waals surface area contributed by atoms with Crippen LogP contribution in [0.4, 0.5) is 5.82 Å². The molecule has 0 saturated heterocycles. The molecule has 1 aromatic rings. The number of nitrogens with two attached hydrogens (primary N) is 1. The third kappa shape index (κ3) is 2.70. The van der Waals surface area contributed by atoms with Gasteiger partial charge in [-0.05, 0) is 30.9 Å². The summed E-state index contributed by atoms with van der Waals surface area (Å²) in [6, 6.07) is 3.48. The molecule has 0 spiro atoms. The van der Waals surface area contributed by atoms with E-state index in [-0.39, 0.29) is 11.9 Å². The largest absolute Gasteiger partial charge is 0.409 e. The first-order chi connectivity index (χ1) is 8.60. The average Bonchev–Trinajstić information content (AvgIpc) is 2.36. The number of rotatable bonds is 4. The lowest BCUT2D eigenvalue weighted by Gasteiger charge is -2.34. The van der Waals surface area contributed by atoms with Gasteiger partial charge in [0, 0.05) is 25.4 Å². The lowest BCUT2D eigenvalue weighted by molar-refractivity contribution is 0.0464. The van der Waals surface area contributed by atoms with E-state index in [0.717, 1.165) is 25.2 Å². The van der Waals surface area contributed by atoms with Gasteiger partial charge in [-0.25, -0.2) is 4.98 Å². The summed E-state index contributed by atoms with van der Waals surface area (Å²) < 4.78 is 0. The van der Waals surface area contributed by atoms with Crippen LogP contribution in [-0.4, -0.2) is 40.8 Å². The maximum absolute atomic E-state index is 9.26. The summed E-state index contributed by atoms with van der Waals surface area (Å²) in [5.41, 5.74) is 6.18. The van der Waals surface area contributed by atoms with Crippen LogP contribution in [0.25, 0.3) is 0 Å². The molecule has 6 heteroatoms. The smallest absolute Gasteiger partial charge is 0.170 e. The second-order valence-electron chi connectivity index (χ2n) is 4.76. The third-order valence-corrected chi connectivity index (χ3v) is 3.28. The van der Waals surface area contributed by atoms with Crippen LogP contribution in [0.2, 0.25) is 0 Å². The SMILES string of the molecule is CN(CC1CC(O)C1)c1cc(C(N)=NO)ccn1. The Hall–Kier alpha value is -1.82. The zero-order valence-corrected chi connectivity index (χ0v) is 10.3. The van der Waals surface area contributed by atoms with Gasteiger partial charge in [-0.1, -0.05) is 5.16 Å². The fourth-order valence-electron chi connectivity index (χ4n) is 2.17. The number of aromatic nitrogens is 1. The molecule has 4 N–H and O–H groups in total. The maximum Gasteiger partial charge on any atom is 0.170 e. The third-order valence-electron chi connectivity index (χ3n) is 3.28. The molecule has 0 unspecified atom stereocenters. The minimum atomic E-state index is -0.139. The first kappa shape index (κ1) is 12.6. The highest BCUT2D eigenvalue weighted by atomic mass is 16.4. The van der Waals surface area contributed by atoms with Gasteiger partial charge in [-0.3, -0.25) is 0 Å². The standard InChI is InChI=1S/C12H18N4O2/c1-16(7-8-4-10(17)5-8)11-6-9(2-3-14-11)12(13)15-18/h2-3,6,8,10,17-18H,4-5,7H2,1H3,(H2,13,15). The minimum absolute atomic E-state index is 0.0751. The Morgan fingerprint density at radius 3 is 2.94 bits per heavy atom. The van der Waals surface area contributed by atoms with Crippen molar-refractivity contribution in [3.05, 3.63) is 23.9 Å². The van der Waals surface area contributed by atoms with Gasteiger partial charge in [-0.2, -0.15) is 0 Å². The highest BCUT2D eigenvalue weighted by Gasteiger charge is 2.28. The van der Waals surface area contributed by atoms with E-state index in [0.29, 0.717) is 11.5 Å². The molecule has 2 rings (SSSR count). The molecular weight excluding hydrogens is 232 g/mol. The average molecular weight is 250 g/mol. The van der Waals surface area contributed by atoms with Crippen molar-refractivity contribution in [3.63, 3.8) is 0 Å². The van der Waals surface area contributed by atoms with E-state index in [4.69, 9.17) is 10.9 Å². The number of pyridine rings is 1. The van der Waals surface area contributed by atoms with Crippen molar-refractivity contribution >= 4 is 11.7 Å². The number of aliphatic hydroxyl groups excluding tert-OH is 1. The fourth-order valence-corrected chi connectivity index (χ4v) is 2.17. The number of aliphatic hydroxyl groups is 1. The van der Waals surface area contributed by atoms with Gasteiger partial charge in [-0.15, -0.1) is 0 Å². The van der Waals surface area contributed by atoms with Crippen LogP contribution in [-0.2, 0) is 0 Å². The van der Waals surface area contributed by atoms with Crippen LogP contribution in [0.1, 0.15) is 18.4 Å². The van der Waals surface area contributed by atoms with Gasteiger partial charge >= 0.3 is 0 Å². The van der Waals surface area contributed by atoms with Crippen LogP contribution in [0.5, 0.6) is 0 Å². The molecule has 0 bridgehead atoms. The Balaban J connectivity index is 2.03. The summed E-state index contributed by atoms with van der Waals surface area (Å²) in [4.78, 5) is 6.28. The van der Waals surface area contributed by atoms with Gasteiger partial charge in [0.05, 0.1) is 6.10 Å². The highest BCUT2D eigenvalue weighted by Crippen LogP contribution is 2.28. The molecule has 0 atom stereocenters. The molecule has 1 aliphatic rings. The molecule has 0 aliphatic heterocycles. The van der Waals surface area contributed by atoms with E-state index >= 15 is 0 Å². The van der Waals surface area contributed by atoms with Crippen LogP contribution < -0.4 is 10.6 Å². The van der Waals surface area contributed by atoms with E-state index in [1.165, 1.54) is 0 Å². The molecule has 1 aliphatic carbocycles. The van der Waals surface area contributed by atoms with Gasteiger partial charge in [0.2, 0.25) is 0 Å². The number of amidine groups is 1. The Morgan fingerprint density at radius 2 is 2.33 bits per heavy atom. The van der Waals surface area contributed by atoms with Crippen molar-refractivity contribution in [1.29, 1.82) is 0 Å². The normalized spacial score (nSPS) is 23.6. The van der Waals surface area contributed by atoms with Crippen molar-refractivity contribution in [2.45, 2.75) is 18.9 Å². The first-order valence-electron chi connectivity index (χ1n) is 5.93. The number of oxime groups is 1. The van der Waals surface area contributed by atoms with Crippen molar-refractivity contribution in [1.82, 2.24) is 4.98 Å². The molecule has 1 aromatic heterocycles. The predicted octanol–water partition coefficient (Wildman–Crippen LogP) is 0.383. The quantitative estimate of drug-likeness (QED) is 0.311. The van der Waals surface area contributed by atoms with Gasteiger partial charge in [0.1, 0.15) is 5.82 Å². The van der Waals surface area contributed by atoms with Crippen LogP contribution in [0, 0.1) is 5.92 Å². The number of hydrogen-bond donors (Lipinski definition) is 3. The van der Waals surface area contributed by atoms with E-state index in [2.05, 4.69) is 10.1 Å². The molecule has 0 aromatic carbocycles. The highest BCUT2D eigenvalue weighted by molar-refractivity contribution is 5.97. The predicted molar refractivity (Wildman–Crippen MR) is 68.7 cm³/mol. The molecule has 1 heterocycles. The molecule has 1 fully saturated rings. The van der Waals surface area contributed by atoms with E-state index in [1.54, 1.807) is 18.3 Å². The fraction of sp³-hybridized carbons (Fsp3) is 0.500. The monoisotopic (exact) mass is 250 g/mol. The van der Waals surface area contributed by atoms with Crippen molar-refractivity contribution in [2.24, 2.45) is 16.8 Å². The molecule has 0 amide bonds. The Labute approximate surface area is 106 Å². The zero-order valence-electron chi connectivity index (χ0n) is 10.3. The summed E-state index contributed by atoms with van der Waals surface area (Å²) in [6.07, 6.45) is 3.20. The molecular formula is C12H18N4O2. The number of nitrogens with zero attached hydrogens (tertiary/aromatic N) is 3. The van der Waals surface area contributed by atoms with Crippen LogP contribution >= 0.6 is 0 Å². The minimum Gasteiger partial charge on any atom is -0.409 e. The van der Waals surface area contributed by atoms with Crippen molar-refractivity contribution in [2.75, 3.05) is 18.5 Å². The van der Waals surface area contributed by atoms with Gasteiger partial charge in [0.15, 0.2) is 5.84 Å². The summed E-state index contributed by atoms with van der Waals surface area (Å²) in [7, 11) is 1.95. The summed E-state index contributed by atoms with van der Waals surface area (Å²) in [5, 5.41) is 20.9. The Bertz CT molecular complexity index is 443. The summed E-state index contributed by atoms with van der Waals surface area (Å²) >= 11 is 0. The molecule has 6 nitrogen and oxygen atoms in total. The maximum atomic E-state index is 9.26. The van der Waals surface area contributed by atoms with Gasteiger partial charge < -0.3 is 20.9 Å². The molecule has 1 saturated carbocycles. The Kier molecular flexibility index (Phi) is 3.66. The van der Waals surface area contributed by atoms with Crippen LogP contribution in [0.15, 0.2) is 23.5 Å². The van der Waals surface area contributed by atoms with Crippen molar-refractivity contribution < 1.29 is 10.3 Å². The molecule has 0 radical (unpaired) electrons. The van der Waals surface area contributed by atoms with E-state index in [9.17, 15) is 5.11 Å². The topological polar surface area (TPSA) is 95.0 Å². The second kappa shape index (κ2) is 5.22. The van der Waals surface area contributed by atoms with Crippen LogP contribution in [0.3, 0.4) is 0 Å². The van der Waals surface area contributed by atoms with Gasteiger partial charge in [0.25, 0.3) is 0 Å². The number of anilines is 1. The van der Waals surface area contributed by atoms with E-state index < -0.39 is 0 Å². The summed E-state index contributed by atoms with van der Waals surface area (Å²) in [5.74, 6) is 1.37. The summed E-state index contributed by atoms with van der Waals surface area (Å²) in [6.45, 7) is 0.851. The number of hydrogen-bond acceptors (Lipinski definition) is 5. The van der Waals surface area contributed by atoms with E-state index in [1.807, 2.05) is 11.9 Å². The molecule has 98 valence electrons. The Morgan fingerprint density at radius 1 is 1.61 bits per heavy atom. The first-order valence-corrected chi connectivity index (χ1v) is 5.93. The molecule has 18 heavy (non-hydrogen) atoms. The lowest BCUT2D eigenvalue weighted by atomic mass is 9.82.